The SMILES string of the molecule is CCNCc1ccnn1Cc1ccc(Cl)c(Cl)c1. The highest BCUT2D eigenvalue weighted by Crippen LogP contribution is 2.23. The number of aromatic nitrogens is 2. The fourth-order valence-corrected chi connectivity index (χ4v) is 2.04. The number of benzene rings is 1. The Hall–Kier alpha value is -1.03. The van der Waals surface area contributed by atoms with Crippen LogP contribution >= 0.6 is 23.2 Å². The summed E-state index contributed by atoms with van der Waals surface area (Å²) in [5.74, 6) is 0. The minimum absolute atomic E-state index is 0.578. The van der Waals surface area contributed by atoms with Crippen molar-refractivity contribution in [1.82, 2.24) is 15.1 Å². The van der Waals surface area contributed by atoms with Gasteiger partial charge in [0.15, 0.2) is 0 Å². The maximum absolute atomic E-state index is 6.00. The standard InChI is InChI=1S/C13H15Cl2N3/c1-2-16-8-11-5-6-17-18(11)9-10-3-4-12(14)13(15)7-10/h3-7,16H,2,8-9H2,1H3. The zero-order chi connectivity index (χ0) is 13.0. The first-order valence-electron chi connectivity index (χ1n) is 5.86. The Morgan fingerprint density at radius 2 is 2.06 bits per heavy atom. The van der Waals surface area contributed by atoms with Gasteiger partial charge in [0.05, 0.1) is 22.3 Å². The van der Waals surface area contributed by atoms with Gasteiger partial charge in [-0.1, -0.05) is 36.2 Å². The molecule has 0 amide bonds. The number of nitrogens with one attached hydrogen (secondary N) is 1. The Kier molecular flexibility index (Phi) is 4.64. The number of nitrogens with zero attached hydrogens (tertiary/aromatic N) is 2. The van der Waals surface area contributed by atoms with E-state index in [-0.39, 0.29) is 0 Å². The van der Waals surface area contributed by atoms with E-state index < -0.39 is 0 Å². The van der Waals surface area contributed by atoms with Crippen LogP contribution in [0.15, 0.2) is 30.5 Å². The lowest BCUT2D eigenvalue weighted by atomic mass is 10.2. The van der Waals surface area contributed by atoms with Crippen LogP contribution in [0.5, 0.6) is 0 Å². The van der Waals surface area contributed by atoms with Crippen LogP contribution in [0.4, 0.5) is 0 Å². The van der Waals surface area contributed by atoms with Crippen LogP contribution in [0, 0.1) is 0 Å². The molecule has 1 aromatic heterocycles. The normalized spacial score (nSPS) is 10.8. The molecule has 1 N–H and O–H groups in total. The Morgan fingerprint density at radius 3 is 2.78 bits per heavy atom. The van der Waals surface area contributed by atoms with Gasteiger partial charge in [-0.2, -0.15) is 5.10 Å². The van der Waals surface area contributed by atoms with Gasteiger partial charge in [0.1, 0.15) is 0 Å². The lowest BCUT2D eigenvalue weighted by molar-refractivity contribution is 0.606. The molecule has 1 heterocycles. The minimum atomic E-state index is 0.578. The van der Waals surface area contributed by atoms with E-state index in [4.69, 9.17) is 23.2 Å². The van der Waals surface area contributed by atoms with Gasteiger partial charge in [-0.25, -0.2) is 0 Å². The maximum Gasteiger partial charge on any atom is 0.0663 e. The van der Waals surface area contributed by atoms with E-state index in [0.29, 0.717) is 16.6 Å². The number of hydrogen-bond acceptors (Lipinski definition) is 2. The first kappa shape index (κ1) is 13.4. The van der Waals surface area contributed by atoms with Crippen molar-refractivity contribution in [3.05, 3.63) is 51.8 Å². The van der Waals surface area contributed by atoms with Crippen molar-refractivity contribution < 1.29 is 0 Å². The van der Waals surface area contributed by atoms with Crippen LogP contribution in [-0.4, -0.2) is 16.3 Å². The van der Waals surface area contributed by atoms with Crippen LogP contribution in [0.25, 0.3) is 0 Å². The molecule has 0 spiro atoms. The van der Waals surface area contributed by atoms with Crippen LogP contribution in [0.3, 0.4) is 0 Å². The molecule has 5 heteroatoms. The highest BCUT2D eigenvalue weighted by Gasteiger charge is 2.04. The molecular weight excluding hydrogens is 269 g/mol. The molecule has 2 rings (SSSR count). The van der Waals surface area contributed by atoms with E-state index in [9.17, 15) is 0 Å². The summed E-state index contributed by atoms with van der Waals surface area (Å²) in [4.78, 5) is 0. The highest BCUT2D eigenvalue weighted by molar-refractivity contribution is 6.42. The Balaban J connectivity index is 2.13. The van der Waals surface area contributed by atoms with E-state index in [2.05, 4.69) is 17.3 Å². The van der Waals surface area contributed by atoms with Gasteiger partial charge in [-0.15, -0.1) is 0 Å². The van der Waals surface area contributed by atoms with E-state index in [1.807, 2.05) is 35.1 Å². The molecule has 3 nitrogen and oxygen atoms in total. The minimum Gasteiger partial charge on any atom is -0.311 e. The van der Waals surface area contributed by atoms with Crippen LogP contribution in [-0.2, 0) is 13.1 Å². The molecule has 0 aliphatic rings. The molecule has 0 atom stereocenters. The molecule has 0 aliphatic heterocycles. The van der Waals surface area contributed by atoms with Crippen molar-refractivity contribution in [2.75, 3.05) is 6.54 Å². The van der Waals surface area contributed by atoms with Gasteiger partial charge < -0.3 is 5.32 Å². The third-order valence-corrected chi connectivity index (χ3v) is 3.42. The summed E-state index contributed by atoms with van der Waals surface area (Å²) < 4.78 is 1.96. The molecule has 18 heavy (non-hydrogen) atoms. The predicted octanol–water partition coefficient (Wildman–Crippen LogP) is 3.35. The molecule has 0 unspecified atom stereocenters. The molecule has 0 aliphatic carbocycles. The van der Waals surface area contributed by atoms with Gasteiger partial charge in [0.25, 0.3) is 0 Å². The lowest BCUT2D eigenvalue weighted by Crippen LogP contribution is -2.16. The van der Waals surface area contributed by atoms with Crippen LogP contribution < -0.4 is 5.32 Å². The van der Waals surface area contributed by atoms with Crippen molar-refractivity contribution >= 4 is 23.2 Å². The van der Waals surface area contributed by atoms with Crippen molar-refractivity contribution in [1.29, 1.82) is 0 Å². The van der Waals surface area contributed by atoms with E-state index in [0.717, 1.165) is 24.3 Å². The van der Waals surface area contributed by atoms with Gasteiger partial charge >= 0.3 is 0 Å². The Morgan fingerprint density at radius 1 is 1.22 bits per heavy atom. The fourth-order valence-electron chi connectivity index (χ4n) is 1.72. The molecular formula is C13H15Cl2N3. The van der Waals surface area contributed by atoms with Gasteiger partial charge in [-0.3, -0.25) is 4.68 Å². The van der Waals surface area contributed by atoms with Crippen molar-refractivity contribution in [2.24, 2.45) is 0 Å². The zero-order valence-corrected chi connectivity index (χ0v) is 11.7. The summed E-state index contributed by atoms with van der Waals surface area (Å²) in [5, 5.41) is 8.76. The van der Waals surface area contributed by atoms with Crippen LogP contribution in [0.1, 0.15) is 18.2 Å². The quantitative estimate of drug-likeness (QED) is 0.912. The van der Waals surface area contributed by atoms with Crippen LogP contribution in [0.2, 0.25) is 10.0 Å². The molecule has 96 valence electrons. The van der Waals surface area contributed by atoms with Crippen molar-refractivity contribution in [2.45, 2.75) is 20.0 Å². The van der Waals surface area contributed by atoms with Crippen molar-refractivity contribution in [3.63, 3.8) is 0 Å². The van der Waals surface area contributed by atoms with E-state index in [1.54, 1.807) is 0 Å². The summed E-state index contributed by atoms with van der Waals surface area (Å²) in [6.45, 7) is 4.54. The summed E-state index contributed by atoms with van der Waals surface area (Å²) in [6.07, 6.45) is 1.81. The molecule has 0 radical (unpaired) electrons. The number of halogens is 2. The second kappa shape index (κ2) is 6.23. The average molecular weight is 284 g/mol. The third-order valence-electron chi connectivity index (χ3n) is 2.68. The lowest BCUT2D eigenvalue weighted by Gasteiger charge is -2.08. The smallest absolute Gasteiger partial charge is 0.0663 e. The third kappa shape index (κ3) is 3.25. The zero-order valence-electron chi connectivity index (χ0n) is 10.2. The monoisotopic (exact) mass is 283 g/mol. The summed E-state index contributed by atoms with van der Waals surface area (Å²) in [7, 11) is 0. The highest BCUT2D eigenvalue weighted by atomic mass is 35.5. The predicted molar refractivity (Wildman–Crippen MR) is 75.2 cm³/mol. The van der Waals surface area contributed by atoms with E-state index >= 15 is 0 Å². The van der Waals surface area contributed by atoms with Gasteiger partial charge in [0, 0.05) is 12.7 Å². The molecule has 2 aromatic rings. The summed E-state index contributed by atoms with van der Waals surface area (Å²) in [6, 6.07) is 7.67. The van der Waals surface area contributed by atoms with Gasteiger partial charge in [0.2, 0.25) is 0 Å². The molecule has 1 aromatic carbocycles. The summed E-state index contributed by atoms with van der Waals surface area (Å²) >= 11 is 11.9. The van der Waals surface area contributed by atoms with Gasteiger partial charge in [-0.05, 0) is 30.3 Å². The fraction of sp³-hybridized carbons (Fsp3) is 0.308. The maximum atomic E-state index is 6.00. The first-order chi connectivity index (χ1) is 8.70. The number of rotatable bonds is 5. The Labute approximate surface area is 117 Å². The number of hydrogen-bond donors (Lipinski definition) is 1. The molecule has 0 saturated carbocycles. The second-order valence-electron chi connectivity index (χ2n) is 4.01. The second-order valence-corrected chi connectivity index (χ2v) is 4.82. The molecule has 0 fully saturated rings. The molecule has 0 saturated heterocycles. The average Bonchev–Trinajstić information content (AvgIpc) is 2.79. The van der Waals surface area contributed by atoms with E-state index in [1.165, 1.54) is 0 Å². The topological polar surface area (TPSA) is 29.9 Å². The largest absolute Gasteiger partial charge is 0.311 e. The first-order valence-corrected chi connectivity index (χ1v) is 6.61. The Bertz CT molecular complexity index is 523. The molecule has 0 bridgehead atoms. The van der Waals surface area contributed by atoms with Crippen molar-refractivity contribution in [3.8, 4) is 0 Å². The summed E-state index contributed by atoms with van der Waals surface area (Å²) in [5.41, 5.74) is 2.24.